The highest BCUT2D eigenvalue weighted by Gasteiger charge is 2.19. The monoisotopic (exact) mass is 347 g/mol. The van der Waals surface area contributed by atoms with E-state index in [9.17, 15) is 9.50 Å². The minimum Gasteiger partial charge on any atom is -0.393 e. The van der Waals surface area contributed by atoms with Crippen molar-refractivity contribution >= 4 is 5.69 Å². The van der Waals surface area contributed by atoms with E-state index >= 15 is 0 Å². The number of aromatic nitrogens is 3. The Kier molecular flexibility index (Phi) is 5.99. The van der Waals surface area contributed by atoms with Gasteiger partial charge in [-0.15, -0.1) is 0 Å². The Morgan fingerprint density at radius 2 is 2.16 bits per heavy atom. The predicted octanol–water partition coefficient (Wildman–Crippen LogP) is 1.95. The van der Waals surface area contributed by atoms with Crippen molar-refractivity contribution < 1.29 is 9.50 Å². The van der Waals surface area contributed by atoms with E-state index in [1.54, 1.807) is 12.4 Å². The number of benzene rings is 1. The van der Waals surface area contributed by atoms with E-state index < -0.39 is 0 Å². The average Bonchev–Trinajstić information content (AvgIpc) is 3.13. The number of hydrogen-bond acceptors (Lipinski definition) is 5. The van der Waals surface area contributed by atoms with Gasteiger partial charge in [0.1, 0.15) is 18.5 Å². The molecule has 1 aromatic heterocycles. The average molecular weight is 347 g/mol. The van der Waals surface area contributed by atoms with Crippen molar-refractivity contribution in [1.82, 2.24) is 20.1 Å². The number of aliphatic hydroxyl groups is 1. The van der Waals surface area contributed by atoms with E-state index in [1.807, 2.05) is 21.7 Å². The second-order valence-electron chi connectivity index (χ2n) is 6.73. The quantitative estimate of drug-likeness (QED) is 0.801. The Labute approximate surface area is 147 Å². The van der Waals surface area contributed by atoms with Crippen LogP contribution in [0, 0.1) is 5.82 Å². The molecule has 1 aliphatic rings. The van der Waals surface area contributed by atoms with E-state index in [4.69, 9.17) is 0 Å². The molecule has 1 unspecified atom stereocenters. The summed E-state index contributed by atoms with van der Waals surface area (Å²) in [7, 11) is 0. The molecule has 25 heavy (non-hydrogen) atoms. The topological polar surface area (TPSA) is 66.2 Å². The largest absolute Gasteiger partial charge is 0.393 e. The van der Waals surface area contributed by atoms with E-state index in [0.29, 0.717) is 44.2 Å². The molecule has 3 rings (SSSR count). The van der Waals surface area contributed by atoms with E-state index in [0.717, 1.165) is 18.5 Å². The summed E-state index contributed by atoms with van der Waals surface area (Å²) in [5, 5.41) is 17.1. The lowest BCUT2D eigenvalue weighted by Crippen LogP contribution is -2.36. The molecule has 0 saturated carbocycles. The molecule has 1 aliphatic heterocycles. The van der Waals surface area contributed by atoms with Crippen molar-refractivity contribution in [3.63, 3.8) is 0 Å². The molecule has 7 heteroatoms. The number of aliphatic hydroxyl groups excluding tert-OH is 1. The van der Waals surface area contributed by atoms with Crippen molar-refractivity contribution in [3.8, 4) is 0 Å². The molecular weight excluding hydrogens is 321 g/mol. The van der Waals surface area contributed by atoms with Gasteiger partial charge in [-0.25, -0.2) is 9.37 Å². The second-order valence-corrected chi connectivity index (χ2v) is 6.73. The van der Waals surface area contributed by atoms with Crippen LogP contribution in [0.25, 0.3) is 0 Å². The normalized spacial score (nSPS) is 17.0. The van der Waals surface area contributed by atoms with E-state index in [2.05, 4.69) is 22.3 Å². The van der Waals surface area contributed by atoms with Crippen LogP contribution in [0.15, 0.2) is 30.9 Å². The van der Waals surface area contributed by atoms with Crippen LogP contribution in [0.3, 0.4) is 0 Å². The SMILES string of the molecule is CC(CCn1cncn1)NCc1ccc(N2CCC(O)CC2)c(F)c1. The minimum absolute atomic E-state index is 0.189. The van der Waals surface area contributed by atoms with Gasteiger partial charge in [0.2, 0.25) is 0 Å². The number of aryl methyl sites for hydroxylation is 1. The lowest BCUT2D eigenvalue weighted by atomic mass is 10.1. The van der Waals surface area contributed by atoms with Crippen LogP contribution in [-0.4, -0.2) is 45.1 Å². The molecule has 1 saturated heterocycles. The van der Waals surface area contributed by atoms with Gasteiger partial charge in [-0.2, -0.15) is 5.10 Å². The summed E-state index contributed by atoms with van der Waals surface area (Å²) in [6, 6.07) is 5.73. The van der Waals surface area contributed by atoms with Crippen LogP contribution in [0.2, 0.25) is 0 Å². The molecule has 1 aromatic carbocycles. The molecule has 0 spiro atoms. The van der Waals surface area contributed by atoms with E-state index in [1.165, 1.54) is 6.33 Å². The van der Waals surface area contributed by atoms with Crippen LogP contribution in [0.5, 0.6) is 0 Å². The fourth-order valence-electron chi connectivity index (χ4n) is 3.09. The minimum atomic E-state index is -0.248. The molecule has 2 heterocycles. The highest BCUT2D eigenvalue weighted by atomic mass is 19.1. The van der Waals surface area contributed by atoms with Crippen molar-refractivity contribution in [2.45, 2.75) is 51.4 Å². The smallest absolute Gasteiger partial charge is 0.146 e. The Morgan fingerprint density at radius 3 is 2.84 bits per heavy atom. The van der Waals surface area contributed by atoms with Crippen LogP contribution in [0.4, 0.5) is 10.1 Å². The molecule has 0 amide bonds. The summed E-state index contributed by atoms with van der Waals surface area (Å²) in [6.45, 7) is 4.96. The standard InChI is InChI=1S/C18H26FN5O/c1-14(4-9-24-13-20-12-22-24)21-11-15-2-3-18(17(19)10-15)23-7-5-16(25)6-8-23/h2-3,10,12-14,16,21,25H,4-9,11H2,1H3. The molecule has 2 aromatic rings. The van der Waals surface area contributed by atoms with Gasteiger partial charge in [-0.1, -0.05) is 6.07 Å². The first kappa shape index (κ1) is 17.8. The number of rotatable bonds is 7. The van der Waals surface area contributed by atoms with Crippen molar-refractivity contribution in [2.24, 2.45) is 0 Å². The lowest BCUT2D eigenvalue weighted by molar-refractivity contribution is 0.145. The third kappa shape index (κ3) is 4.99. The summed E-state index contributed by atoms with van der Waals surface area (Å²) in [5.74, 6) is -0.189. The highest BCUT2D eigenvalue weighted by molar-refractivity contribution is 5.49. The Morgan fingerprint density at radius 1 is 1.36 bits per heavy atom. The lowest BCUT2D eigenvalue weighted by Gasteiger charge is -2.31. The fraction of sp³-hybridized carbons (Fsp3) is 0.556. The van der Waals surface area contributed by atoms with Gasteiger partial charge in [0.05, 0.1) is 11.8 Å². The van der Waals surface area contributed by atoms with Gasteiger partial charge in [0.25, 0.3) is 0 Å². The Bertz CT molecular complexity index is 655. The van der Waals surface area contributed by atoms with E-state index in [-0.39, 0.29) is 11.9 Å². The molecule has 6 nitrogen and oxygen atoms in total. The first-order valence-corrected chi connectivity index (χ1v) is 8.89. The maximum Gasteiger partial charge on any atom is 0.146 e. The zero-order valence-electron chi connectivity index (χ0n) is 14.6. The number of nitrogens with one attached hydrogen (secondary N) is 1. The summed E-state index contributed by atoms with van der Waals surface area (Å²) in [4.78, 5) is 5.94. The van der Waals surface area contributed by atoms with Crippen LogP contribution < -0.4 is 10.2 Å². The predicted molar refractivity (Wildman–Crippen MR) is 94.8 cm³/mol. The number of piperidine rings is 1. The highest BCUT2D eigenvalue weighted by Crippen LogP contribution is 2.24. The maximum absolute atomic E-state index is 14.4. The van der Waals surface area contributed by atoms with Gasteiger partial charge < -0.3 is 15.3 Å². The first-order chi connectivity index (χ1) is 12.1. The van der Waals surface area contributed by atoms with Crippen LogP contribution >= 0.6 is 0 Å². The third-order valence-electron chi connectivity index (χ3n) is 4.73. The number of halogens is 1. The molecule has 2 N–H and O–H groups in total. The van der Waals surface area contributed by atoms with Gasteiger partial charge in [-0.3, -0.25) is 4.68 Å². The summed E-state index contributed by atoms with van der Waals surface area (Å²) in [5.41, 5.74) is 1.57. The Hall–Kier alpha value is -1.99. The fourth-order valence-corrected chi connectivity index (χ4v) is 3.09. The maximum atomic E-state index is 14.4. The number of hydrogen-bond donors (Lipinski definition) is 2. The molecule has 1 atom stereocenters. The summed E-state index contributed by atoms with van der Waals surface area (Å²) < 4.78 is 16.2. The number of nitrogens with zero attached hydrogens (tertiary/aromatic N) is 4. The van der Waals surface area contributed by atoms with Crippen molar-refractivity contribution in [3.05, 3.63) is 42.2 Å². The third-order valence-corrected chi connectivity index (χ3v) is 4.73. The van der Waals surface area contributed by atoms with Gasteiger partial charge >= 0.3 is 0 Å². The zero-order chi connectivity index (χ0) is 17.6. The van der Waals surface area contributed by atoms with Crippen LogP contribution in [-0.2, 0) is 13.1 Å². The van der Waals surface area contributed by atoms with Crippen molar-refractivity contribution in [1.29, 1.82) is 0 Å². The summed E-state index contributed by atoms with van der Waals surface area (Å²) >= 11 is 0. The molecule has 1 fully saturated rings. The Balaban J connectivity index is 1.49. The molecule has 0 aliphatic carbocycles. The van der Waals surface area contributed by atoms with Gasteiger partial charge in [0.15, 0.2) is 0 Å². The summed E-state index contributed by atoms with van der Waals surface area (Å²) in [6.07, 6.45) is 5.33. The molecule has 136 valence electrons. The van der Waals surface area contributed by atoms with Gasteiger partial charge in [0, 0.05) is 32.2 Å². The molecule has 0 radical (unpaired) electrons. The second kappa shape index (κ2) is 8.40. The zero-order valence-corrected chi connectivity index (χ0v) is 14.6. The van der Waals surface area contributed by atoms with Crippen LogP contribution in [0.1, 0.15) is 31.7 Å². The van der Waals surface area contributed by atoms with Gasteiger partial charge in [-0.05, 0) is 43.9 Å². The molecular formula is C18H26FN5O. The number of anilines is 1. The van der Waals surface area contributed by atoms with Crippen molar-refractivity contribution in [2.75, 3.05) is 18.0 Å². The molecule has 0 bridgehead atoms. The first-order valence-electron chi connectivity index (χ1n) is 8.89.